The van der Waals surface area contributed by atoms with Crippen molar-refractivity contribution in [2.24, 2.45) is 0 Å². The molecule has 0 unspecified atom stereocenters. The summed E-state index contributed by atoms with van der Waals surface area (Å²) in [6.07, 6.45) is 1.35. The van der Waals surface area contributed by atoms with Gasteiger partial charge in [0.2, 0.25) is 5.76 Å². The summed E-state index contributed by atoms with van der Waals surface area (Å²) in [5.74, 6) is -0.540. The van der Waals surface area contributed by atoms with Crippen LogP contribution in [-0.2, 0) is 20.9 Å². The van der Waals surface area contributed by atoms with Crippen molar-refractivity contribution in [2.75, 3.05) is 26.2 Å². The van der Waals surface area contributed by atoms with Crippen LogP contribution in [0.25, 0.3) is 6.08 Å². The van der Waals surface area contributed by atoms with E-state index in [0.29, 0.717) is 28.6 Å². The van der Waals surface area contributed by atoms with Crippen molar-refractivity contribution in [1.82, 2.24) is 5.32 Å². The molecular formula is C26H22N2O9. The molecule has 4 rings (SSSR count). The number of ether oxygens (including phenoxy) is 4. The maximum atomic E-state index is 13.1. The topological polar surface area (TPSA) is 134 Å². The van der Waals surface area contributed by atoms with Crippen molar-refractivity contribution in [3.05, 3.63) is 77.3 Å². The minimum Gasteiger partial charge on any atom is -0.497 e. The highest BCUT2D eigenvalue weighted by molar-refractivity contribution is 6.39. The third-order valence-corrected chi connectivity index (χ3v) is 5.35. The molecule has 0 saturated carbocycles. The first kappa shape index (κ1) is 25.0. The highest BCUT2D eigenvalue weighted by atomic mass is 16.5. The third-order valence-electron chi connectivity index (χ3n) is 5.35. The average molecular weight is 506 g/mol. The van der Waals surface area contributed by atoms with E-state index in [1.165, 1.54) is 45.6 Å². The van der Waals surface area contributed by atoms with E-state index in [1.807, 2.05) is 0 Å². The first-order valence-corrected chi connectivity index (χ1v) is 10.9. The van der Waals surface area contributed by atoms with Crippen LogP contribution in [0.2, 0.25) is 0 Å². The summed E-state index contributed by atoms with van der Waals surface area (Å²) < 4.78 is 26.2. The number of hydrogen-bond acceptors (Lipinski definition) is 9. The molecule has 190 valence electrons. The number of barbiturate groups is 1. The van der Waals surface area contributed by atoms with Crippen molar-refractivity contribution < 1.29 is 42.5 Å². The van der Waals surface area contributed by atoms with Crippen LogP contribution in [0, 0.1) is 0 Å². The number of carbonyl (C=O) groups excluding carboxylic acids is 4. The second-order valence-electron chi connectivity index (χ2n) is 7.61. The van der Waals surface area contributed by atoms with E-state index in [2.05, 4.69) is 10.1 Å². The highest BCUT2D eigenvalue weighted by Crippen LogP contribution is 2.31. The molecule has 0 spiro atoms. The number of methoxy groups -OCH3 is 3. The zero-order valence-electron chi connectivity index (χ0n) is 20.1. The van der Waals surface area contributed by atoms with Gasteiger partial charge in [-0.3, -0.25) is 14.9 Å². The number of esters is 1. The fourth-order valence-corrected chi connectivity index (χ4v) is 3.50. The normalized spacial score (nSPS) is 14.4. The van der Waals surface area contributed by atoms with E-state index in [0.717, 1.165) is 4.90 Å². The summed E-state index contributed by atoms with van der Waals surface area (Å²) in [5.41, 5.74) is 0.492. The van der Waals surface area contributed by atoms with Gasteiger partial charge in [0.05, 0.1) is 27.0 Å². The Morgan fingerprint density at radius 2 is 1.70 bits per heavy atom. The van der Waals surface area contributed by atoms with E-state index < -0.39 is 23.8 Å². The Bertz CT molecular complexity index is 1390. The average Bonchev–Trinajstić information content (AvgIpc) is 3.39. The smallest absolute Gasteiger partial charge is 0.373 e. The van der Waals surface area contributed by atoms with E-state index >= 15 is 0 Å². The monoisotopic (exact) mass is 506 g/mol. The maximum Gasteiger partial charge on any atom is 0.373 e. The molecule has 0 bridgehead atoms. The van der Waals surface area contributed by atoms with Gasteiger partial charge in [-0.15, -0.1) is 0 Å². The molecule has 1 N–H and O–H groups in total. The number of imide groups is 2. The molecule has 11 nitrogen and oxygen atoms in total. The summed E-state index contributed by atoms with van der Waals surface area (Å²) in [5, 5.41) is 2.18. The van der Waals surface area contributed by atoms with Gasteiger partial charge in [-0.2, -0.15) is 0 Å². The lowest BCUT2D eigenvalue weighted by atomic mass is 10.1. The zero-order chi connectivity index (χ0) is 26.5. The van der Waals surface area contributed by atoms with Crippen LogP contribution in [0.3, 0.4) is 0 Å². The molecule has 1 aliphatic heterocycles. The Labute approximate surface area is 211 Å². The van der Waals surface area contributed by atoms with E-state index in [-0.39, 0.29) is 23.6 Å². The lowest BCUT2D eigenvalue weighted by Gasteiger charge is -2.26. The number of furan rings is 1. The van der Waals surface area contributed by atoms with Gasteiger partial charge >= 0.3 is 12.0 Å². The quantitative estimate of drug-likeness (QED) is 0.277. The van der Waals surface area contributed by atoms with Crippen LogP contribution >= 0.6 is 0 Å². The van der Waals surface area contributed by atoms with Gasteiger partial charge in [0.25, 0.3) is 11.8 Å². The van der Waals surface area contributed by atoms with E-state index in [4.69, 9.17) is 18.6 Å². The lowest BCUT2D eigenvalue weighted by Crippen LogP contribution is -2.54. The second kappa shape index (κ2) is 10.7. The fraction of sp³-hybridized carbons (Fsp3) is 0.154. The SMILES string of the molecule is COC(=O)c1ccc(COc2ccc(/C=C3/C(=O)NC(=O)N(c4ccc(OC)cc4)C3=O)cc2OC)o1. The van der Waals surface area contributed by atoms with Crippen LogP contribution in [0.5, 0.6) is 17.2 Å². The van der Waals surface area contributed by atoms with Gasteiger partial charge in [0.15, 0.2) is 11.5 Å². The Morgan fingerprint density at radius 3 is 2.38 bits per heavy atom. The number of carbonyl (C=O) groups is 4. The molecule has 4 amide bonds. The number of nitrogens with one attached hydrogen (secondary N) is 1. The molecule has 1 fully saturated rings. The molecule has 0 radical (unpaired) electrons. The summed E-state index contributed by atoms with van der Waals surface area (Å²) >= 11 is 0. The molecule has 3 aromatic rings. The molecule has 1 aliphatic rings. The van der Waals surface area contributed by atoms with Gasteiger partial charge in [-0.05, 0) is 60.2 Å². The molecular weight excluding hydrogens is 484 g/mol. The van der Waals surface area contributed by atoms with Crippen LogP contribution in [0.4, 0.5) is 10.5 Å². The number of hydrogen-bond donors (Lipinski definition) is 1. The third kappa shape index (κ3) is 5.30. The van der Waals surface area contributed by atoms with Gasteiger partial charge in [0.1, 0.15) is 23.7 Å². The highest BCUT2D eigenvalue weighted by Gasteiger charge is 2.36. The van der Waals surface area contributed by atoms with Crippen molar-refractivity contribution in [3.8, 4) is 17.2 Å². The van der Waals surface area contributed by atoms with Crippen molar-refractivity contribution in [3.63, 3.8) is 0 Å². The number of urea groups is 1. The first-order valence-electron chi connectivity index (χ1n) is 10.9. The summed E-state index contributed by atoms with van der Waals surface area (Å²) in [6, 6.07) is 13.2. The number of amides is 4. The molecule has 2 heterocycles. The Morgan fingerprint density at radius 1 is 0.946 bits per heavy atom. The minimum atomic E-state index is -0.855. The second-order valence-corrected chi connectivity index (χ2v) is 7.61. The molecule has 0 atom stereocenters. The lowest BCUT2D eigenvalue weighted by molar-refractivity contribution is -0.122. The molecule has 1 aromatic heterocycles. The Kier molecular flexibility index (Phi) is 7.23. The van der Waals surface area contributed by atoms with Gasteiger partial charge in [-0.25, -0.2) is 14.5 Å². The predicted octanol–water partition coefficient (Wildman–Crippen LogP) is 3.33. The van der Waals surface area contributed by atoms with Crippen LogP contribution in [0.1, 0.15) is 21.9 Å². The van der Waals surface area contributed by atoms with Crippen LogP contribution in [0.15, 0.2) is 64.6 Å². The summed E-state index contributed by atoms with van der Waals surface area (Å²) in [6.45, 7) is 0.00755. The Balaban J connectivity index is 1.55. The summed E-state index contributed by atoms with van der Waals surface area (Å²) in [7, 11) is 4.18. The molecule has 1 saturated heterocycles. The fourth-order valence-electron chi connectivity index (χ4n) is 3.50. The number of nitrogens with zero attached hydrogens (tertiary/aromatic N) is 1. The largest absolute Gasteiger partial charge is 0.497 e. The van der Waals surface area contributed by atoms with Crippen molar-refractivity contribution >= 4 is 35.6 Å². The minimum absolute atomic E-state index is 0.00755. The van der Waals surface area contributed by atoms with Gasteiger partial charge < -0.3 is 23.4 Å². The van der Waals surface area contributed by atoms with Gasteiger partial charge in [-0.1, -0.05) is 6.07 Å². The molecule has 11 heteroatoms. The summed E-state index contributed by atoms with van der Waals surface area (Å²) in [4.78, 5) is 50.4. The Hall–Kier alpha value is -5.06. The molecule has 37 heavy (non-hydrogen) atoms. The van der Waals surface area contributed by atoms with Gasteiger partial charge in [0, 0.05) is 0 Å². The standard InChI is InChI=1S/C26H22N2O9/c1-33-17-7-5-16(6-8-17)28-24(30)19(23(29)27-26(28)32)12-15-4-10-20(22(13-15)34-2)36-14-18-9-11-21(37-18)25(31)35-3/h4-13H,14H2,1-3H3,(H,27,29,32)/b19-12-. The number of benzene rings is 2. The number of anilines is 1. The molecule has 0 aliphatic carbocycles. The van der Waals surface area contributed by atoms with Crippen molar-refractivity contribution in [1.29, 1.82) is 0 Å². The first-order chi connectivity index (χ1) is 17.8. The zero-order valence-corrected chi connectivity index (χ0v) is 20.1. The van der Waals surface area contributed by atoms with Crippen LogP contribution in [-0.4, -0.2) is 45.1 Å². The van der Waals surface area contributed by atoms with Crippen LogP contribution < -0.4 is 24.4 Å². The molecule has 2 aromatic carbocycles. The van der Waals surface area contributed by atoms with Crippen molar-refractivity contribution in [2.45, 2.75) is 6.61 Å². The predicted molar refractivity (Wildman–Crippen MR) is 129 cm³/mol. The van der Waals surface area contributed by atoms with E-state index in [1.54, 1.807) is 36.4 Å². The maximum absolute atomic E-state index is 13.1. The van der Waals surface area contributed by atoms with E-state index in [9.17, 15) is 19.2 Å². The number of rotatable bonds is 8.